The van der Waals surface area contributed by atoms with E-state index in [0.29, 0.717) is 24.3 Å². The number of carboxylic acids is 1. The van der Waals surface area contributed by atoms with E-state index < -0.39 is 11.4 Å². The minimum Gasteiger partial charge on any atom is -0.496 e. The summed E-state index contributed by atoms with van der Waals surface area (Å²) in [6, 6.07) is 15.0. The largest absolute Gasteiger partial charge is 0.496 e. The number of nitrogens with zero attached hydrogens (tertiary/aromatic N) is 1. The number of hydrogen-bond acceptors (Lipinski definition) is 3. The van der Waals surface area contributed by atoms with Gasteiger partial charge in [0.15, 0.2) is 0 Å². The minimum atomic E-state index is -0.871. The highest BCUT2D eigenvalue weighted by Gasteiger charge is 2.42. The molecule has 1 atom stereocenters. The predicted octanol–water partition coefficient (Wildman–Crippen LogP) is 3.30. The summed E-state index contributed by atoms with van der Waals surface area (Å²) in [4.78, 5) is 25.8. The molecule has 1 amide bonds. The quantitative estimate of drug-likeness (QED) is 0.928. The first-order valence-electron chi connectivity index (χ1n) is 8.21. The molecule has 0 aromatic heterocycles. The van der Waals surface area contributed by atoms with Gasteiger partial charge in [0.1, 0.15) is 5.75 Å². The third kappa shape index (κ3) is 3.22. The zero-order valence-corrected chi connectivity index (χ0v) is 14.4. The first-order valence-corrected chi connectivity index (χ1v) is 8.21. The molecule has 2 aromatic carbocycles. The lowest BCUT2D eigenvalue weighted by atomic mass is 9.90. The predicted molar refractivity (Wildman–Crippen MR) is 94.7 cm³/mol. The Morgan fingerprint density at radius 2 is 1.88 bits per heavy atom. The van der Waals surface area contributed by atoms with Crippen LogP contribution in [0.3, 0.4) is 0 Å². The molecule has 1 aliphatic rings. The van der Waals surface area contributed by atoms with Crippen LogP contribution in [0, 0.1) is 5.41 Å². The van der Waals surface area contributed by atoms with Crippen LogP contribution >= 0.6 is 0 Å². The summed E-state index contributed by atoms with van der Waals surface area (Å²) >= 11 is 0. The van der Waals surface area contributed by atoms with Crippen LogP contribution in [0.1, 0.15) is 23.7 Å². The summed E-state index contributed by atoms with van der Waals surface area (Å²) in [6.07, 6.45) is 0.468. The van der Waals surface area contributed by atoms with E-state index >= 15 is 0 Å². The van der Waals surface area contributed by atoms with Gasteiger partial charge in [0, 0.05) is 24.2 Å². The molecule has 1 N–H and O–H groups in total. The van der Waals surface area contributed by atoms with Crippen molar-refractivity contribution in [3.8, 4) is 16.9 Å². The Labute approximate surface area is 146 Å². The van der Waals surface area contributed by atoms with Crippen molar-refractivity contribution >= 4 is 11.9 Å². The second-order valence-corrected chi connectivity index (χ2v) is 6.62. The van der Waals surface area contributed by atoms with Crippen LogP contribution < -0.4 is 4.74 Å². The molecule has 2 aromatic rings. The van der Waals surface area contributed by atoms with Crippen LogP contribution in [0.5, 0.6) is 5.75 Å². The van der Waals surface area contributed by atoms with Gasteiger partial charge in [-0.25, -0.2) is 0 Å². The normalized spacial score (nSPS) is 19.7. The lowest BCUT2D eigenvalue weighted by Crippen LogP contribution is -2.34. The number of rotatable bonds is 4. The lowest BCUT2D eigenvalue weighted by molar-refractivity contribution is -0.147. The number of carboxylic acid groups (broad SMARTS) is 1. The maximum absolute atomic E-state index is 12.8. The summed E-state index contributed by atoms with van der Waals surface area (Å²) in [5, 5.41) is 9.35. The molecule has 1 saturated heterocycles. The van der Waals surface area contributed by atoms with Crippen molar-refractivity contribution in [3.05, 3.63) is 54.1 Å². The highest BCUT2D eigenvalue weighted by molar-refractivity contribution is 5.97. The Bertz CT molecular complexity index is 803. The number of likely N-dealkylation sites (tertiary alicyclic amines) is 1. The first-order chi connectivity index (χ1) is 11.9. The van der Waals surface area contributed by atoms with Crippen molar-refractivity contribution in [1.82, 2.24) is 4.90 Å². The highest BCUT2D eigenvalue weighted by Crippen LogP contribution is 2.34. The zero-order chi connectivity index (χ0) is 18.0. The third-order valence-corrected chi connectivity index (χ3v) is 4.81. The third-order valence-electron chi connectivity index (χ3n) is 4.81. The number of carbonyl (C=O) groups excluding carboxylic acids is 1. The molecule has 0 radical (unpaired) electrons. The molecule has 0 aliphatic carbocycles. The van der Waals surface area contributed by atoms with Gasteiger partial charge in [-0.1, -0.05) is 30.3 Å². The van der Waals surface area contributed by atoms with Crippen LogP contribution in [0.25, 0.3) is 11.1 Å². The van der Waals surface area contributed by atoms with Crippen molar-refractivity contribution in [2.24, 2.45) is 5.41 Å². The number of amides is 1. The minimum absolute atomic E-state index is 0.148. The molecule has 0 spiro atoms. The lowest BCUT2D eigenvalue weighted by Gasteiger charge is -2.20. The average molecular weight is 339 g/mol. The van der Waals surface area contributed by atoms with E-state index in [1.54, 1.807) is 31.1 Å². The van der Waals surface area contributed by atoms with Gasteiger partial charge >= 0.3 is 5.97 Å². The van der Waals surface area contributed by atoms with E-state index in [-0.39, 0.29) is 12.5 Å². The van der Waals surface area contributed by atoms with Crippen LogP contribution in [0.2, 0.25) is 0 Å². The summed E-state index contributed by atoms with van der Waals surface area (Å²) < 4.78 is 5.42. The summed E-state index contributed by atoms with van der Waals surface area (Å²) in [7, 11) is 1.60. The Hall–Kier alpha value is -2.82. The number of aliphatic carboxylic acids is 1. The standard InChI is InChI=1S/C20H21NO4/c1-20(19(23)24)10-11-21(13-20)18(22)15-8-9-17(25-2)16(12-15)14-6-4-3-5-7-14/h3-9,12H,10-11,13H2,1-2H3,(H,23,24)/t20-/m0/s1. The van der Waals surface area contributed by atoms with Gasteiger partial charge in [0.25, 0.3) is 5.91 Å². The Kier molecular flexibility index (Phi) is 4.49. The molecule has 1 fully saturated rings. The van der Waals surface area contributed by atoms with Gasteiger partial charge in [-0.3, -0.25) is 9.59 Å². The van der Waals surface area contributed by atoms with Gasteiger partial charge in [0.2, 0.25) is 0 Å². The smallest absolute Gasteiger partial charge is 0.311 e. The first kappa shape index (κ1) is 17.0. The van der Waals surface area contributed by atoms with Crippen molar-refractivity contribution in [2.75, 3.05) is 20.2 Å². The van der Waals surface area contributed by atoms with E-state index in [1.165, 1.54) is 0 Å². The number of carbonyl (C=O) groups is 2. The van der Waals surface area contributed by atoms with Gasteiger partial charge in [0.05, 0.1) is 12.5 Å². The topological polar surface area (TPSA) is 66.8 Å². The van der Waals surface area contributed by atoms with Crippen molar-refractivity contribution in [1.29, 1.82) is 0 Å². The van der Waals surface area contributed by atoms with E-state index in [2.05, 4.69) is 0 Å². The Morgan fingerprint density at radius 3 is 2.48 bits per heavy atom. The molecule has 1 heterocycles. The maximum Gasteiger partial charge on any atom is 0.311 e. The maximum atomic E-state index is 12.8. The van der Waals surface area contributed by atoms with Gasteiger partial charge in [-0.15, -0.1) is 0 Å². The van der Waals surface area contributed by atoms with E-state index in [9.17, 15) is 14.7 Å². The molecule has 25 heavy (non-hydrogen) atoms. The SMILES string of the molecule is COc1ccc(C(=O)N2CC[C@](C)(C(=O)O)C2)cc1-c1ccccc1. The molecule has 0 bridgehead atoms. The van der Waals surface area contributed by atoms with E-state index in [0.717, 1.165) is 11.1 Å². The fourth-order valence-electron chi connectivity index (χ4n) is 3.18. The second-order valence-electron chi connectivity index (χ2n) is 6.62. The van der Waals surface area contributed by atoms with Gasteiger partial charge in [-0.2, -0.15) is 0 Å². The zero-order valence-electron chi connectivity index (χ0n) is 14.4. The van der Waals surface area contributed by atoms with Crippen LogP contribution in [0.15, 0.2) is 48.5 Å². The molecular weight excluding hydrogens is 318 g/mol. The Balaban J connectivity index is 1.91. The molecular formula is C20H21NO4. The number of hydrogen-bond donors (Lipinski definition) is 1. The monoisotopic (exact) mass is 339 g/mol. The fourth-order valence-corrected chi connectivity index (χ4v) is 3.18. The van der Waals surface area contributed by atoms with Gasteiger partial charge in [-0.05, 0) is 37.1 Å². The van der Waals surface area contributed by atoms with E-state index in [1.807, 2.05) is 36.4 Å². The number of benzene rings is 2. The van der Waals surface area contributed by atoms with E-state index in [4.69, 9.17) is 4.74 Å². The molecule has 0 saturated carbocycles. The molecule has 5 nitrogen and oxygen atoms in total. The van der Waals surface area contributed by atoms with Crippen molar-refractivity contribution in [3.63, 3.8) is 0 Å². The summed E-state index contributed by atoms with van der Waals surface area (Å²) in [5.74, 6) is -0.313. The van der Waals surface area contributed by atoms with Crippen molar-refractivity contribution in [2.45, 2.75) is 13.3 Å². The molecule has 1 aliphatic heterocycles. The van der Waals surface area contributed by atoms with Crippen molar-refractivity contribution < 1.29 is 19.4 Å². The molecule has 3 rings (SSSR count). The summed E-state index contributed by atoms with van der Waals surface area (Å²) in [5.41, 5.74) is 1.47. The molecule has 0 unspecified atom stereocenters. The molecule has 130 valence electrons. The number of methoxy groups -OCH3 is 1. The number of ether oxygens (including phenoxy) is 1. The Morgan fingerprint density at radius 1 is 1.16 bits per heavy atom. The highest BCUT2D eigenvalue weighted by atomic mass is 16.5. The summed E-state index contributed by atoms with van der Waals surface area (Å²) in [6.45, 7) is 2.37. The fraction of sp³-hybridized carbons (Fsp3) is 0.300. The van der Waals surface area contributed by atoms with Gasteiger partial charge < -0.3 is 14.7 Å². The average Bonchev–Trinajstić information content (AvgIpc) is 3.05. The van der Waals surface area contributed by atoms with Crippen LogP contribution in [-0.4, -0.2) is 42.1 Å². The van der Waals surface area contributed by atoms with Crippen LogP contribution in [0.4, 0.5) is 0 Å². The van der Waals surface area contributed by atoms with Crippen LogP contribution in [-0.2, 0) is 4.79 Å². The second kappa shape index (κ2) is 6.59. The molecule has 5 heteroatoms.